The Kier molecular flexibility index (Phi) is 6.25. The second kappa shape index (κ2) is 8.75. The van der Waals surface area contributed by atoms with Crippen LogP contribution in [0.2, 0.25) is 5.04 Å². The van der Waals surface area contributed by atoms with E-state index in [0.717, 1.165) is 19.4 Å². The smallest absolute Gasteiger partial charge is 0.261 e. The summed E-state index contributed by atoms with van der Waals surface area (Å²) < 4.78 is 18.9. The predicted octanol–water partition coefficient (Wildman–Crippen LogP) is 3.47. The molecule has 0 saturated carbocycles. The molecule has 0 spiro atoms. The summed E-state index contributed by atoms with van der Waals surface area (Å²) in [5.41, 5.74) is 0. The van der Waals surface area contributed by atoms with E-state index in [2.05, 4.69) is 69.3 Å². The molecule has 2 saturated heterocycles. The van der Waals surface area contributed by atoms with Gasteiger partial charge in [0.25, 0.3) is 8.32 Å². The molecule has 0 unspecified atom stereocenters. The lowest BCUT2D eigenvalue weighted by molar-refractivity contribution is -0.180. The van der Waals surface area contributed by atoms with Crippen LogP contribution in [0.4, 0.5) is 0 Å². The van der Waals surface area contributed by atoms with Crippen LogP contribution in [-0.2, 0) is 18.7 Å². The van der Waals surface area contributed by atoms with E-state index < -0.39 is 14.4 Å². The number of carbonyl (C=O) groups is 1. The summed E-state index contributed by atoms with van der Waals surface area (Å²) in [5, 5.41) is 2.31. The van der Waals surface area contributed by atoms with Gasteiger partial charge in [0.05, 0.1) is 18.8 Å². The second-order valence-electron chi connectivity index (χ2n) is 9.36. The highest BCUT2D eigenvalue weighted by atomic mass is 28.4. The highest BCUT2D eigenvalue weighted by Crippen LogP contribution is 2.37. The molecule has 30 heavy (non-hydrogen) atoms. The molecule has 2 heterocycles. The van der Waals surface area contributed by atoms with Crippen molar-refractivity contribution in [1.82, 2.24) is 0 Å². The molecular weight excluding hydrogens is 392 g/mol. The normalized spacial score (nSPS) is 25.0. The van der Waals surface area contributed by atoms with Gasteiger partial charge in [0.15, 0.2) is 5.78 Å². The molecule has 0 bridgehead atoms. The third kappa shape index (κ3) is 4.04. The molecule has 0 N–H and O–H groups in total. The van der Waals surface area contributed by atoms with Crippen LogP contribution < -0.4 is 10.4 Å². The Morgan fingerprint density at radius 3 is 2.13 bits per heavy atom. The van der Waals surface area contributed by atoms with E-state index in [1.807, 2.05) is 12.1 Å². The highest BCUT2D eigenvalue weighted by Gasteiger charge is 2.51. The first-order valence-corrected chi connectivity index (χ1v) is 12.9. The topological polar surface area (TPSA) is 44.8 Å². The average molecular weight is 425 g/mol. The predicted molar refractivity (Wildman–Crippen MR) is 121 cm³/mol. The molecule has 0 aromatic heterocycles. The molecule has 0 radical (unpaired) electrons. The molecule has 160 valence electrons. The van der Waals surface area contributed by atoms with Crippen LogP contribution in [0, 0.1) is 0 Å². The van der Waals surface area contributed by atoms with Crippen molar-refractivity contribution in [2.24, 2.45) is 0 Å². The molecule has 2 aliphatic heterocycles. The third-order valence-corrected chi connectivity index (χ3v) is 11.4. The summed E-state index contributed by atoms with van der Waals surface area (Å²) >= 11 is 0. The van der Waals surface area contributed by atoms with Crippen molar-refractivity contribution in [2.75, 3.05) is 13.2 Å². The summed E-state index contributed by atoms with van der Waals surface area (Å²) in [6.45, 7) is 7.74. The standard InChI is InChI=1S/C25H32O4Si/c1-25(2,3)30(19-11-6-4-7-12-19,20-13-8-5-9-14-20)28-18-24-21(26)17-23-22(29-24)15-10-16-27-23/h4-9,11-14,22-24H,10,15-18H2,1-3H3/t22-,23+,24+/m0/s1. The molecular formula is C25H32O4Si. The average Bonchev–Trinajstić information content (AvgIpc) is 2.75. The van der Waals surface area contributed by atoms with Gasteiger partial charge in [-0.3, -0.25) is 4.79 Å². The molecule has 2 aromatic carbocycles. The summed E-state index contributed by atoms with van der Waals surface area (Å²) in [5.74, 6) is 0.0936. The SMILES string of the molecule is CC(C)(C)[Si](OC[C@H]1O[C@H]2CCCO[C@@H]2CC1=O)(c1ccccc1)c1ccccc1. The van der Waals surface area contributed by atoms with Crippen molar-refractivity contribution in [3.8, 4) is 0 Å². The van der Waals surface area contributed by atoms with Gasteiger partial charge in [-0.2, -0.15) is 0 Å². The van der Waals surface area contributed by atoms with Gasteiger partial charge in [-0.25, -0.2) is 0 Å². The molecule has 3 atom stereocenters. The van der Waals surface area contributed by atoms with Crippen molar-refractivity contribution in [3.63, 3.8) is 0 Å². The van der Waals surface area contributed by atoms with E-state index in [-0.39, 0.29) is 29.6 Å². The number of ether oxygens (including phenoxy) is 2. The van der Waals surface area contributed by atoms with Crippen molar-refractivity contribution in [2.45, 2.75) is 63.4 Å². The number of hydrogen-bond acceptors (Lipinski definition) is 4. The lowest BCUT2D eigenvalue weighted by atomic mass is 9.95. The number of fused-ring (bicyclic) bond motifs is 1. The summed E-state index contributed by atoms with van der Waals surface area (Å²) in [6.07, 6.45) is 1.76. The summed E-state index contributed by atoms with van der Waals surface area (Å²) in [7, 11) is -2.67. The number of carbonyl (C=O) groups excluding carboxylic acids is 1. The first kappa shape index (κ1) is 21.4. The molecule has 4 nitrogen and oxygen atoms in total. The van der Waals surface area contributed by atoms with E-state index in [0.29, 0.717) is 6.42 Å². The van der Waals surface area contributed by atoms with E-state index in [4.69, 9.17) is 13.9 Å². The third-order valence-electron chi connectivity index (χ3n) is 6.35. The van der Waals surface area contributed by atoms with Crippen LogP contribution in [0.3, 0.4) is 0 Å². The molecule has 5 heteroatoms. The Bertz CT molecular complexity index is 807. The zero-order valence-corrected chi connectivity index (χ0v) is 19.2. The van der Waals surface area contributed by atoms with Crippen molar-refractivity contribution in [1.29, 1.82) is 0 Å². The molecule has 0 aliphatic carbocycles. The Morgan fingerprint density at radius 2 is 1.57 bits per heavy atom. The molecule has 4 rings (SSSR count). The minimum Gasteiger partial charge on any atom is -0.404 e. The molecule has 2 fully saturated rings. The van der Waals surface area contributed by atoms with Crippen LogP contribution in [0.15, 0.2) is 60.7 Å². The first-order valence-electron chi connectivity index (χ1n) is 11.0. The lowest BCUT2D eigenvalue weighted by Crippen LogP contribution is -2.67. The maximum absolute atomic E-state index is 12.8. The van der Waals surface area contributed by atoms with Crippen molar-refractivity contribution >= 4 is 24.5 Å². The van der Waals surface area contributed by atoms with Gasteiger partial charge in [-0.05, 0) is 28.3 Å². The number of rotatable bonds is 5. The first-order chi connectivity index (χ1) is 14.4. The zero-order valence-electron chi connectivity index (χ0n) is 18.2. The van der Waals surface area contributed by atoms with Crippen LogP contribution in [-0.4, -0.2) is 45.6 Å². The van der Waals surface area contributed by atoms with Gasteiger partial charge in [-0.1, -0.05) is 81.4 Å². The van der Waals surface area contributed by atoms with Crippen molar-refractivity contribution < 1.29 is 18.7 Å². The monoisotopic (exact) mass is 424 g/mol. The van der Waals surface area contributed by atoms with Crippen LogP contribution in [0.25, 0.3) is 0 Å². The minimum absolute atomic E-state index is 0.00389. The van der Waals surface area contributed by atoms with E-state index in [9.17, 15) is 4.79 Å². The maximum atomic E-state index is 12.8. The molecule has 2 aliphatic rings. The summed E-state index contributed by atoms with van der Waals surface area (Å²) in [6, 6.07) is 21.0. The van der Waals surface area contributed by atoms with E-state index >= 15 is 0 Å². The summed E-state index contributed by atoms with van der Waals surface area (Å²) in [4.78, 5) is 12.8. The fourth-order valence-electron chi connectivity index (χ4n) is 4.87. The van der Waals surface area contributed by atoms with Gasteiger partial charge >= 0.3 is 0 Å². The minimum atomic E-state index is -2.67. The van der Waals surface area contributed by atoms with E-state index in [1.165, 1.54) is 10.4 Å². The van der Waals surface area contributed by atoms with E-state index in [1.54, 1.807) is 0 Å². The van der Waals surface area contributed by atoms with Crippen LogP contribution in [0.5, 0.6) is 0 Å². The second-order valence-corrected chi connectivity index (χ2v) is 13.7. The quantitative estimate of drug-likeness (QED) is 0.690. The molecule has 0 amide bonds. The Hall–Kier alpha value is -1.79. The van der Waals surface area contributed by atoms with Gasteiger partial charge in [0, 0.05) is 13.0 Å². The largest absolute Gasteiger partial charge is 0.404 e. The lowest BCUT2D eigenvalue weighted by Gasteiger charge is -2.44. The maximum Gasteiger partial charge on any atom is 0.261 e. The number of ketones is 1. The number of hydrogen-bond donors (Lipinski definition) is 0. The van der Waals surface area contributed by atoms with Gasteiger partial charge in [0.1, 0.15) is 6.10 Å². The Balaban J connectivity index is 1.66. The van der Waals surface area contributed by atoms with Crippen LogP contribution in [0.1, 0.15) is 40.0 Å². The molecule has 2 aromatic rings. The fourth-order valence-corrected chi connectivity index (χ4v) is 9.43. The van der Waals surface area contributed by atoms with Gasteiger partial charge < -0.3 is 13.9 Å². The van der Waals surface area contributed by atoms with Gasteiger partial charge in [0.2, 0.25) is 0 Å². The van der Waals surface area contributed by atoms with Crippen LogP contribution >= 0.6 is 0 Å². The fraction of sp³-hybridized carbons (Fsp3) is 0.480. The Morgan fingerprint density at radius 1 is 0.967 bits per heavy atom. The Labute approximate surface area is 180 Å². The van der Waals surface area contributed by atoms with Crippen molar-refractivity contribution in [3.05, 3.63) is 60.7 Å². The number of Topliss-reactive ketones (excluding diaryl/α,β-unsaturated/α-hetero) is 1. The zero-order chi connectivity index (χ0) is 21.2. The van der Waals surface area contributed by atoms with Gasteiger partial charge in [-0.15, -0.1) is 0 Å². The highest BCUT2D eigenvalue weighted by molar-refractivity contribution is 6.99. The number of benzene rings is 2.